The molecule has 2 rings (SSSR count). The standard InChI is InChI=1S/C16H20N2O/c1-11-6-14(9-18-8-11)10-19-16-5-4-15(13(3)17)7-12(16)2/h4-9,13H,10,17H2,1-3H3/t13-/m0/s1. The van der Waals surface area contributed by atoms with Crippen LogP contribution in [0, 0.1) is 13.8 Å². The molecule has 2 aromatic rings. The first-order chi connectivity index (χ1) is 9.06. The molecular formula is C16H20N2O. The Bertz CT molecular complexity index is 564. The normalized spacial score (nSPS) is 12.2. The molecule has 0 saturated carbocycles. The topological polar surface area (TPSA) is 48.1 Å². The third-order valence-electron chi connectivity index (χ3n) is 3.05. The van der Waals surface area contributed by atoms with Crippen LogP contribution in [0.5, 0.6) is 5.75 Å². The van der Waals surface area contributed by atoms with Crippen LogP contribution in [-0.2, 0) is 6.61 Å². The molecule has 0 bridgehead atoms. The van der Waals surface area contributed by atoms with E-state index in [1.807, 2.05) is 45.3 Å². The fourth-order valence-corrected chi connectivity index (χ4v) is 1.98. The van der Waals surface area contributed by atoms with Crippen molar-refractivity contribution in [3.8, 4) is 5.75 Å². The molecule has 0 radical (unpaired) electrons. The van der Waals surface area contributed by atoms with Gasteiger partial charge < -0.3 is 10.5 Å². The number of hydrogen-bond acceptors (Lipinski definition) is 3. The van der Waals surface area contributed by atoms with Crippen molar-refractivity contribution in [1.82, 2.24) is 4.98 Å². The van der Waals surface area contributed by atoms with Crippen LogP contribution < -0.4 is 10.5 Å². The molecule has 0 unspecified atom stereocenters. The van der Waals surface area contributed by atoms with Crippen molar-refractivity contribution in [2.24, 2.45) is 5.73 Å². The van der Waals surface area contributed by atoms with Crippen LogP contribution in [0.4, 0.5) is 0 Å². The van der Waals surface area contributed by atoms with Crippen molar-refractivity contribution in [3.63, 3.8) is 0 Å². The van der Waals surface area contributed by atoms with Gasteiger partial charge in [-0.1, -0.05) is 12.1 Å². The van der Waals surface area contributed by atoms with Crippen molar-refractivity contribution in [3.05, 3.63) is 58.9 Å². The van der Waals surface area contributed by atoms with Crippen molar-refractivity contribution in [2.75, 3.05) is 0 Å². The van der Waals surface area contributed by atoms with E-state index in [1.54, 1.807) is 0 Å². The van der Waals surface area contributed by atoms with E-state index in [1.165, 1.54) is 0 Å². The molecule has 1 heterocycles. The molecule has 3 nitrogen and oxygen atoms in total. The molecule has 0 aliphatic rings. The Hall–Kier alpha value is -1.87. The van der Waals surface area contributed by atoms with Crippen LogP contribution in [0.3, 0.4) is 0 Å². The Morgan fingerprint density at radius 3 is 2.63 bits per heavy atom. The second-order valence-corrected chi connectivity index (χ2v) is 4.97. The molecule has 1 aromatic heterocycles. The van der Waals surface area contributed by atoms with Crippen molar-refractivity contribution in [2.45, 2.75) is 33.4 Å². The maximum atomic E-state index is 5.87. The number of pyridine rings is 1. The van der Waals surface area contributed by atoms with E-state index in [0.29, 0.717) is 6.61 Å². The van der Waals surface area contributed by atoms with Crippen molar-refractivity contribution >= 4 is 0 Å². The van der Waals surface area contributed by atoms with Gasteiger partial charge in [0.15, 0.2) is 0 Å². The third-order valence-corrected chi connectivity index (χ3v) is 3.05. The lowest BCUT2D eigenvalue weighted by atomic mass is 10.1. The summed E-state index contributed by atoms with van der Waals surface area (Å²) in [6.07, 6.45) is 3.67. The number of aromatic nitrogens is 1. The maximum absolute atomic E-state index is 5.87. The molecule has 1 aromatic carbocycles. The molecule has 0 aliphatic carbocycles. The minimum atomic E-state index is 0.0497. The largest absolute Gasteiger partial charge is 0.489 e. The van der Waals surface area contributed by atoms with Gasteiger partial charge in [-0.3, -0.25) is 4.98 Å². The van der Waals surface area contributed by atoms with E-state index in [2.05, 4.69) is 17.1 Å². The number of hydrogen-bond donors (Lipinski definition) is 1. The number of aryl methyl sites for hydroxylation is 2. The summed E-state index contributed by atoms with van der Waals surface area (Å²) in [7, 11) is 0. The Kier molecular flexibility index (Phi) is 4.17. The van der Waals surface area contributed by atoms with Gasteiger partial charge in [0.2, 0.25) is 0 Å². The van der Waals surface area contributed by atoms with Gasteiger partial charge in [0.25, 0.3) is 0 Å². The predicted molar refractivity (Wildman–Crippen MR) is 77.1 cm³/mol. The summed E-state index contributed by atoms with van der Waals surface area (Å²) in [5.41, 5.74) is 10.3. The van der Waals surface area contributed by atoms with Crippen LogP contribution in [0.15, 0.2) is 36.7 Å². The first kappa shape index (κ1) is 13.6. The predicted octanol–water partition coefficient (Wildman–Crippen LogP) is 3.30. The fourth-order valence-electron chi connectivity index (χ4n) is 1.98. The minimum absolute atomic E-state index is 0.0497. The second kappa shape index (κ2) is 5.85. The van der Waals surface area contributed by atoms with Crippen LogP contribution in [-0.4, -0.2) is 4.98 Å². The van der Waals surface area contributed by atoms with E-state index in [-0.39, 0.29) is 6.04 Å². The van der Waals surface area contributed by atoms with E-state index < -0.39 is 0 Å². The molecule has 3 heteroatoms. The molecule has 0 saturated heterocycles. The second-order valence-electron chi connectivity index (χ2n) is 4.97. The Labute approximate surface area is 114 Å². The molecule has 19 heavy (non-hydrogen) atoms. The lowest BCUT2D eigenvalue weighted by Crippen LogP contribution is -2.05. The molecule has 0 fully saturated rings. The lowest BCUT2D eigenvalue weighted by Gasteiger charge is -2.12. The van der Waals surface area contributed by atoms with Crippen LogP contribution in [0.25, 0.3) is 0 Å². The Morgan fingerprint density at radius 2 is 2.00 bits per heavy atom. The Morgan fingerprint density at radius 1 is 1.21 bits per heavy atom. The van der Waals surface area contributed by atoms with Gasteiger partial charge in [0.1, 0.15) is 12.4 Å². The van der Waals surface area contributed by atoms with Crippen molar-refractivity contribution in [1.29, 1.82) is 0 Å². The van der Waals surface area contributed by atoms with Gasteiger partial charge in [0, 0.05) is 24.0 Å². The highest BCUT2D eigenvalue weighted by atomic mass is 16.5. The zero-order valence-electron chi connectivity index (χ0n) is 11.7. The molecule has 100 valence electrons. The summed E-state index contributed by atoms with van der Waals surface area (Å²) in [5, 5.41) is 0. The summed E-state index contributed by atoms with van der Waals surface area (Å²) >= 11 is 0. The van der Waals surface area contributed by atoms with Crippen LogP contribution in [0.2, 0.25) is 0 Å². The smallest absolute Gasteiger partial charge is 0.122 e. The SMILES string of the molecule is Cc1cncc(COc2ccc([C@H](C)N)cc2C)c1. The zero-order valence-corrected chi connectivity index (χ0v) is 11.7. The maximum Gasteiger partial charge on any atom is 0.122 e. The summed E-state index contributed by atoms with van der Waals surface area (Å²) in [6, 6.07) is 8.21. The van der Waals surface area contributed by atoms with Gasteiger partial charge in [-0.25, -0.2) is 0 Å². The van der Waals surface area contributed by atoms with Gasteiger partial charge >= 0.3 is 0 Å². The lowest BCUT2D eigenvalue weighted by molar-refractivity contribution is 0.303. The summed E-state index contributed by atoms with van der Waals surface area (Å²) in [5.74, 6) is 0.894. The highest BCUT2D eigenvalue weighted by Gasteiger charge is 2.05. The van der Waals surface area contributed by atoms with E-state index >= 15 is 0 Å². The average molecular weight is 256 g/mol. The third kappa shape index (κ3) is 3.55. The molecule has 2 N–H and O–H groups in total. The highest BCUT2D eigenvalue weighted by Crippen LogP contribution is 2.22. The zero-order chi connectivity index (χ0) is 13.8. The van der Waals surface area contributed by atoms with Gasteiger partial charge in [-0.2, -0.15) is 0 Å². The highest BCUT2D eigenvalue weighted by molar-refractivity contribution is 5.37. The summed E-state index contributed by atoms with van der Waals surface area (Å²) in [4.78, 5) is 4.16. The van der Waals surface area contributed by atoms with E-state index in [9.17, 15) is 0 Å². The van der Waals surface area contributed by atoms with Crippen LogP contribution >= 0.6 is 0 Å². The van der Waals surface area contributed by atoms with Gasteiger partial charge in [0.05, 0.1) is 0 Å². The van der Waals surface area contributed by atoms with Gasteiger partial charge in [-0.05, 0) is 49.6 Å². The first-order valence-electron chi connectivity index (χ1n) is 6.45. The monoisotopic (exact) mass is 256 g/mol. The van der Waals surface area contributed by atoms with Crippen LogP contribution in [0.1, 0.15) is 35.2 Å². The van der Waals surface area contributed by atoms with E-state index in [0.717, 1.165) is 28.0 Å². The minimum Gasteiger partial charge on any atom is -0.489 e. The number of rotatable bonds is 4. The van der Waals surface area contributed by atoms with Crippen molar-refractivity contribution < 1.29 is 4.74 Å². The first-order valence-corrected chi connectivity index (χ1v) is 6.45. The molecule has 0 amide bonds. The van der Waals surface area contributed by atoms with E-state index in [4.69, 9.17) is 10.5 Å². The summed E-state index contributed by atoms with van der Waals surface area (Å²) < 4.78 is 5.83. The summed E-state index contributed by atoms with van der Waals surface area (Å²) in [6.45, 7) is 6.58. The number of ether oxygens (including phenoxy) is 1. The molecule has 1 atom stereocenters. The number of nitrogens with zero attached hydrogens (tertiary/aromatic N) is 1. The molecule has 0 aliphatic heterocycles. The number of benzene rings is 1. The Balaban J connectivity index is 2.07. The molecular weight excluding hydrogens is 236 g/mol. The average Bonchev–Trinajstić information content (AvgIpc) is 2.37. The van der Waals surface area contributed by atoms with Gasteiger partial charge in [-0.15, -0.1) is 0 Å². The quantitative estimate of drug-likeness (QED) is 0.913. The molecule has 0 spiro atoms. The fraction of sp³-hybridized carbons (Fsp3) is 0.312. The number of nitrogens with two attached hydrogens (primary N) is 1.